The maximum absolute atomic E-state index is 13.2. The van der Waals surface area contributed by atoms with Crippen LogP contribution < -0.4 is 4.74 Å². The molecular weight excluding hydrogens is 209 g/mol. The van der Waals surface area contributed by atoms with E-state index in [1.807, 2.05) is 6.92 Å². The summed E-state index contributed by atoms with van der Waals surface area (Å²) >= 11 is 0. The van der Waals surface area contributed by atoms with Crippen LogP contribution in [-0.2, 0) is 6.61 Å². The third-order valence-corrected chi connectivity index (χ3v) is 2.21. The molecule has 1 aromatic carbocycles. The van der Waals surface area contributed by atoms with Gasteiger partial charge in [-0.25, -0.2) is 4.39 Å². The second kappa shape index (κ2) is 4.35. The van der Waals surface area contributed by atoms with Crippen molar-refractivity contribution in [2.45, 2.75) is 20.5 Å². The molecule has 0 amide bonds. The average molecular weight is 221 g/mol. The second-order valence-corrected chi connectivity index (χ2v) is 3.63. The van der Waals surface area contributed by atoms with Crippen molar-refractivity contribution in [3.63, 3.8) is 0 Å². The first-order chi connectivity index (χ1) is 7.65. The second-order valence-electron chi connectivity index (χ2n) is 3.63. The smallest absolute Gasteiger partial charge is 0.134 e. The summed E-state index contributed by atoms with van der Waals surface area (Å²) in [6.07, 6.45) is 0. The summed E-state index contributed by atoms with van der Waals surface area (Å²) in [5.74, 6) is 0.950. The molecule has 2 rings (SSSR count). The molecule has 0 radical (unpaired) electrons. The maximum atomic E-state index is 13.2. The molecule has 0 aliphatic heterocycles. The SMILES string of the molecule is Cc1cc(COc2ccc(C)c(F)c2)no1. The summed E-state index contributed by atoms with van der Waals surface area (Å²) in [6, 6.07) is 6.55. The van der Waals surface area contributed by atoms with Crippen molar-refractivity contribution in [1.82, 2.24) is 5.16 Å². The number of hydrogen-bond donors (Lipinski definition) is 0. The van der Waals surface area contributed by atoms with Gasteiger partial charge in [0.1, 0.15) is 29.6 Å². The number of hydrogen-bond acceptors (Lipinski definition) is 3. The summed E-state index contributed by atoms with van der Waals surface area (Å²) in [7, 11) is 0. The Balaban J connectivity index is 2.02. The van der Waals surface area contributed by atoms with E-state index >= 15 is 0 Å². The Bertz CT molecular complexity index is 494. The fourth-order valence-electron chi connectivity index (χ4n) is 1.31. The molecule has 1 aromatic heterocycles. The van der Waals surface area contributed by atoms with Crippen LogP contribution in [0.15, 0.2) is 28.8 Å². The molecule has 0 atom stereocenters. The fraction of sp³-hybridized carbons (Fsp3) is 0.250. The lowest BCUT2D eigenvalue weighted by atomic mass is 10.2. The Morgan fingerprint density at radius 3 is 2.75 bits per heavy atom. The van der Waals surface area contributed by atoms with Gasteiger partial charge in [0.15, 0.2) is 0 Å². The van der Waals surface area contributed by atoms with E-state index in [0.717, 1.165) is 5.76 Å². The Morgan fingerprint density at radius 1 is 1.31 bits per heavy atom. The summed E-state index contributed by atoms with van der Waals surface area (Å²) < 4.78 is 23.5. The molecule has 0 fully saturated rings. The number of rotatable bonds is 3. The average Bonchev–Trinajstić information content (AvgIpc) is 2.66. The molecule has 0 N–H and O–H groups in total. The van der Waals surface area contributed by atoms with Crippen molar-refractivity contribution in [1.29, 1.82) is 0 Å². The maximum Gasteiger partial charge on any atom is 0.134 e. The van der Waals surface area contributed by atoms with Crippen molar-refractivity contribution >= 4 is 0 Å². The molecule has 0 saturated carbocycles. The minimum atomic E-state index is -0.270. The van der Waals surface area contributed by atoms with Gasteiger partial charge in [-0.2, -0.15) is 0 Å². The molecule has 4 heteroatoms. The normalized spacial score (nSPS) is 10.4. The molecule has 0 spiro atoms. The van der Waals surface area contributed by atoms with Crippen LogP contribution in [0.25, 0.3) is 0 Å². The van der Waals surface area contributed by atoms with Gasteiger partial charge in [0.05, 0.1) is 0 Å². The lowest BCUT2D eigenvalue weighted by molar-refractivity contribution is 0.286. The van der Waals surface area contributed by atoms with Crippen LogP contribution in [0.2, 0.25) is 0 Å². The number of halogens is 1. The first-order valence-electron chi connectivity index (χ1n) is 4.96. The van der Waals surface area contributed by atoms with Crippen LogP contribution in [0.5, 0.6) is 5.75 Å². The van der Waals surface area contributed by atoms with Crippen LogP contribution in [0.1, 0.15) is 17.0 Å². The zero-order chi connectivity index (χ0) is 11.5. The molecule has 2 aromatic rings. The van der Waals surface area contributed by atoms with Gasteiger partial charge in [-0.1, -0.05) is 11.2 Å². The molecule has 0 aliphatic rings. The Labute approximate surface area is 92.8 Å². The number of aromatic nitrogens is 1. The summed E-state index contributed by atoms with van der Waals surface area (Å²) in [6.45, 7) is 3.79. The lowest BCUT2D eigenvalue weighted by Gasteiger charge is -2.04. The number of aryl methyl sites for hydroxylation is 2. The van der Waals surface area contributed by atoms with Gasteiger partial charge in [-0.15, -0.1) is 0 Å². The van der Waals surface area contributed by atoms with Gasteiger partial charge in [0.25, 0.3) is 0 Å². The van der Waals surface area contributed by atoms with Crippen molar-refractivity contribution in [2.75, 3.05) is 0 Å². The van der Waals surface area contributed by atoms with Crippen LogP contribution in [0, 0.1) is 19.7 Å². The van der Waals surface area contributed by atoms with E-state index in [1.54, 1.807) is 25.1 Å². The predicted octanol–water partition coefficient (Wildman–Crippen LogP) is 3.01. The number of nitrogens with zero attached hydrogens (tertiary/aromatic N) is 1. The Morgan fingerprint density at radius 2 is 2.12 bits per heavy atom. The molecule has 0 aliphatic carbocycles. The van der Waals surface area contributed by atoms with Gasteiger partial charge in [0, 0.05) is 12.1 Å². The quantitative estimate of drug-likeness (QED) is 0.799. The van der Waals surface area contributed by atoms with Crippen molar-refractivity contribution in [3.05, 3.63) is 47.1 Å². The highest BCUT2D eigenvalue weighted by atomic mass is 19.1. The van der Waals surface area contributed by atoms with Crippen LogP contribution in [0.3, 0.4) is 0 Å². The van der Waals surface area contributed by atoms with E-state index in [0.29, 0.717) is 17.0 Å². The topological polar surface area (TPSA) is 35.3 Å². The van der Waals surface area contributed by atoms with E-state index < -0.39 is 0 Å². The standard InChI is InChI=1S/C12H12FNO2/c1-8-3-4-11(6-12(8)13)15-7-10-5-9(2)16-14-10/h3-6H,7H2,1-2H3. The highest BCUT2D eigenvalue weighted by molar-refractivity contribution is 5.28. The molecule has 1 heterocycles. The lowest BCUT2D eigenvalue weighted by Crippen LogP contribution is -1.96. The molecule has 3 nitrogen and oxygen atoms in total. The van der Waals surface area contributed by atoms with Gasteiger partial charge >= 0.3 is 0 Å². The fourth-order valence-corrected chi connectivity index (χ4v) is 1.31. The number of ether oxygens (including phenoxy) is 1. The Kier molecular flexibility index (Phi) is 2.90. The van der Waals surface area contributed by atoms with E-state index in [1.165, 1.54) is 6.07 Å². The highest BCUT2D eigenvalue weighted by Crippen LogP contribution is 2.17. The highest BCUT2D eigenvalue weighted by Gasteiger charge is 2.03. The van der Waals surface area contributed by atoms with Crippen molar-refractivity contribution < 1.29 is 13.7 Å². The Hall–Kier alpha value is -1.84. The third-order valence-electron chi connectivity index (χ3n) is 2.21. The van der Waals surface area contributed by atoms with E-state index in [9.17, 15) is 4.39 Å². The van der Waals surface area contributed by atoms with Crippen LogP contribution in [0.4, 0.5) is 4.39 Å². The molecular formula is C12H12FNO2. The molecule has 0 bridgehead atoms. The van der Waals surface area contributed by atoms with E-state index in [4.69, 9.17) is 9.26 Å². The zero-order valence-corrected chi connectivity index (χ0v) is 9.16. The van der Waals surface area contributed by atoms with Crippen LogP contribution in [-0.4, -0.2) is 5.16 Å². The monoisotopic (exact) mass is 221 g/mol. The van der Waals surface area contributed by atoms with E-state index in [-0.39, 0.29) is 12.4 Å². The minimum Gasteiger partial charge on any atom is -0.487 e. The summed E-state index contributed by atoms with van der Waals surface area (Å²) in [5.41, 5.74) is 1.29. The summed E-state index contributed by atoms with van der Waals surface area (Å²) in [4.78, 5) is 0. The van der Waals surface area contributed by atoms with Crippen molar-refractivity contribution in [2.24, 2.45) is 0 Å². The van der Waals surface area contributed by atoms with Crippen LogP contribution >= 0.6 is 0 Å². The third kappa shape index (κ3) is 2.39. The minimum absolute atomic E-state index is 0.270. The van der Waals surface area contributed by atoms with Gasteiger partial charge in [-0.05, 0) is 25.5 Å². The molecule has 84 valence electrons. The first-order valence-corrected chi connectivity index (χ1v) is 4.96. The number of benzene rings is 1. The largest absolute Gasteiger partial charge is 0.487 e. The van der Waals surface area contributed by atoms with Gasteiger partial charge in [-0.3, -0.25) is 0 Å². The van der Waals surface area contributed by atoms with Crippen molar-refractivity contribution in [3.8, 4) is 5.75 Å². The first kappa shape index (κ1) is 10.7. The van der Waals surface area contributed by atoms with Gasteiger partial charge in [0.2, 0.25) is 0 Å². The predicted molar refractivity (Wildman–Crippen MR) is 56.7 cm³/mol. The molecule has 16 heavy (non-hydrogen) atoms. The molecule has 0 unspecified atom stereocenters. The van der Waals surface area contributed by atoms with Gasteiger partial charge < -0.3 is 9.26 Å². The zero-order valence-electron chi connectivity index (χ0n) is 9.16. The van der Waals surface area contributed by atoms with E-state index in [2.05, 4.69) is 5.16 Å². The summed E-state index contributed by atoms with van der Waals surface area (Å²) in [5, 5.41) is 3.78. The molecule has 0 saturated heterocycles.